The lowest BCUT2D eigenvalue weighted by molar-refractivity contribution is 0.521. The molecule has 0 spiro atoms. The van der Waals surface area contributed by atoms with Crippen LogP contribution in [0.1, 0.15) is 26.2 Å². The lowest BCUT2D eigenvalue weighted by Gasteiger charge is -2.22. The molecule has 1 aromatic heterocycles. The third kappa shape index (κ3) is 2.37. The molecule has 1 fully saturated rings. The molecular formula is C11H18N4. The average molecular weight is 206 g/mol. The molecule has 0 aromatic carbocycles. The van der Waals surface area contributed by atoms with Gasteiger partial charge in [0.1, 0.15) is 6.33 Å². The van der Waals surface area contributed by atoms with Crippen LogP contribution in [0.15, 0.2) is 12.5 Å². The number of anilines is 2. The van der Waals surface area contributed by atoms with Crippen LogP contribution in [-0.4, -0.2) is 23.1 Å². The molecule has 15 heavy (non-hydrogen) atoms. The van der Waals surface area contributed by atoms with E-state index in [0.29, 0.717) is 5.69 Å². The molecule has 0 radical (unpaired) electrons. The fraction of sp³-hybridized carbons (Fsp3) is 0.636. The van der Waals surface area contributed by atoms with Crippen LogP contribution >= 0.6 is 0 Å². The van der Waals surface area contributed by atoms with Gasteiger partial charge in [-0.3, -0.25) is 0 Å². The largest absolute Gasteiger partial charge is 0.394 e. The summed E-state index contributed by atoms with van der Waals surface area (Å²) in [7, 11) is 0. The number of nitrogen functional groups attached to an aromatic ring is 1. The second kappa shape index (κ2) is 4.47. The lowest BCUT2D eigenvalue weighted by atomic mass is 10.0. The van der Waals surface area contributed by atoms with E-state index in [1.807, 2.05) is 0 Å². The van der Waals surface area contributed by atoms with E-state index in [4.69, 9.17) is 5.73 Å². The average Bonchev–Trinajstić information content (AvgIpc) is 2.44. The lowest BCUT2D eigenvalue weighted by Crippen LogP contribution is -2.26. The Morgan fingerprint density at radius 2 is 2.27 bits per heavy atom. The number of nitrogens with zero attached hydrogens (tertiary/aromatic N) is 3. The molecule has 1 saturated heterocycles. The number of aromatic nitrogens is 2. The minimum absolute atomic E-state index is 0.687. The smallest absolute Gasteiger partial charge is 0.155 e. The van der Waals surface area contributed by atoms with Crippen molar-refractivity contribution in [3.63, 3.8) is 0 Å². The van der Waals surface area contributed by atoms with E-state index in [2.05, 4.69) is 21.8 Å². The van der Waals surface area contributed by atoms with Gasteiger partial charge in [-0.05, 0) is 25.2 Å². The summed E-state index contributed by atoms with van der Waals surface area (Å²) in [4.78, 5) is 10.5. The van der Waals surface area contributed by atoms with Crippen LogP contribution in [0, 0.1) is 5.92 Å². The zero-order valence-corrected chi connectivity index (χ0v) is 9.19. The van der Waals surface area contributed by atoms with Crippen molar-refractivity contribution in [3.8, 4) is 0 Å². The summed E-state index contributed by atoms with van der Waals surface area (Å²) in [6.07, 6.45) is 7.01. The van der Waals surface area contributed by atoms with Gasteiger partial charge in [0.25, 0.3) is 0 Å². The fourth-order valence-corrected chi connectivity index (χ4v) is 2.07. The Hall–Kier alpha value is -1.32. The van der Waals surface area contributed by atoms with Gasteiger partial charge in [-0.1, -0.05) is 6.92 Å². The molecule has 4 heteroatoms. The predicted octanol–water partition coefficient (Wildman–Crippen LogP) is 1.69. The SMILES string of the molecule is CC1CCCN(c2ncncc2N)CC1. The molecule has 2 N–H and O–H groups in total. The van der Waals surface area contributed by atoms with Gasteiger partial charge in [-0.25, -0.2) is 9.97 Å². The van der Waals surface area contributed by atoms with Crippen LogP contribution in [-0.2, 0) is 0 Å². The van der Waals surface area contributed by atoms with Crippen molar-refractivity contribution >= 4 is 11.5 Å². The van der Waals surface area contributed by atoms with E-state index in [1.54, 1.807) is 12.5 Å². The molecule has 0 bridgehead atoms. The van der Waals surface area contributed by atoms with Crippen molar-refractivity contribution in [3.05, 3.63) is 12.5 Å². The number of rotatable bonds is 1. The van der Waals surface area contributed by atoms with Crippen molar-refractivity contribution in [1.82, 2.24) is 9.97 Å². The molecule has 2 heterocycles. The molecule has 1 aliphatic rings. The van der Waals surface area contributed by atoms with E-state index in [9.17, 15) is 0 Å². The summed E-state index contributed by atoms with van der Waals surface area (Å²) < 4.78 is 0. The Labute approximate surface area is 90.5 Å². The maximum Gasteiger partial charge on any atom is 0.155 e. The van der Waals surface area contributed by atoms with Gasteiger partial charge in [0.15, 0.2) is 5.82 Å². The molecule has 1 aliphatic heterocycles. The zero-order valence-electron chi connectivity index (χ0n) is 9.19. The minimum atomic E-state index is 0.687. The monoisotopic (exact) mass is 206 g/mol. The van der Waals surface area contributed by atoms with E-state index in [0.717, 1.165) is 24.8 Å². The standard InChI is InChI=1S/C11H18N4/c1-9-3-2-5-15(6-4-9)11-10(12)7-13-8-14-11/h7-9H,2-6,12H2,1H3. The third-order valence-electron chi connectivity index (χ3n) is 3.03. The first-order valence-corrected chi connectivity index (χ1v) is 5.58. The van der Waals surface area contributed by atoms with Gasteiger partial charge in [-0.15, -0.1) is 0 Å². The van der Waals surface area contributed by atoms with Gasteiger partial charge < -0.3 is 10.6 Å². The highest BCUT2D eigenvalue weighted by Crippen LogP contribution is 2.23. The van der Waals surface area contributed by atoms with Crippen LogP contribution in [0.25, 0.3) is 0 Å². The van der Waals surface area contributed by atoms with Gasteiger partial charge in [0.2, 0.25) is 0 Å². The minimum Gasteiger partial charge on any atom is -0.394 e. The van der Waals surface area contributed by atoms with Crippen molar-refractivity contribution in [2.24, 2.45) is 5.92 Å². The predicted molar refractivity (Wildman–Crippen MR) is 61.7 cm³/mol. The van der Waals surface area contributed by atoms with Crippen LogP contribution in [0.2, 0.25) is 0 Å². The Balaban J connectivity index is 2.13. The Morgan fingerprint density at radius 3 is 3.07 bits per heavy atom. The highest BCUT2D eigenvalue weighted by Gasteiger charge is 2.16. The van der Waals surface area contributed by atoms with Gasteiger partial charge in [-0.2, -0.15) is 0 Å². The van der Waals surface area contributed by atoms with E-state index >= 15 is 0 Å². The summed E-state index contributed by atoms with van der Waals surface area (Å²) in [6, 6.07) is 0. The Morgan fingerprint density at radius 1 is 1.40 bits per heavy atom. The number of hydrogen-bond acceptors (Lipinski definition) is 4. The molecule has 0 aliphatic carbocycles. The zero-order chi connectivity index (χ0) is 10.7. The van der Waals surface area contributed by atoms with Crippen LogP contribution in [0.4, 0.5) is 11.5 Å². The summed E-state index contributed by atoms with van der Waals surface area (Å²) in [5.74, 6) is 1.72. The molecule has 1 unspecified atom stereocenters. The second-order valence-electron chi connectivity index (χ2n) is 4.32. The van der Waals surface area contributed by atoms with Crippen molar-refractivity contribution in [1.29, 1.82) is 0 Å². The second-order valence-corrected chi connectivity index (χ2v) is 4.32. The van der Waals surface area contributed by atoms with Crippen LogP contribution in [0.5, 0.6) is 0 Å². The number of nitrogens with two attached hydrogens (primary N) is 1. The van der Waals surface area contributed by atoms with Crippen molar-refractivity contribution < 1.29 is 0 Å². The first-order valence-electron chi connectivity index (χ1n) is 5.58. The molecule has 1 aromatic rings. The van der Waals surface area contributed by atoms with Gasteiger partial charge >= 0.3 is 0 Å². The molecule has 82 valence electrons. The van der Waals surface area contributed by atoms with Crippen molar-refractivity contribution in [2.75, 3.05) is 23.7 Å². The highest BCUT2D eigenvalue weighted by molar-refractivity contribution is 5.60. The molecule has 1 atom stereocenters. The first kappa shape index (κ1) is 10.2. The Kier molecular flexibility index (Phi) is 3.04. The van der Waals surface area contributed by atoms with Crippen LogP contribution in [0.3, 0.4) is 0 Å². The molecule has 0 amide bonds. The highest BCUT2D eigenvalue weighted by atomic mass is 15.2. The first-order chi connectivity index (χ1) is 7.27. The number of hydrogen-bond donors (Lipinski definition) is 1. The molecule has 2 rings (SSSR count). The third-order valence-corrected chi connectivity index (χ3v) is 3.03. The van der Waals surface area contributed by atoms with E-state index in [-0.39, 0.29) is 0 Å². The molecular weight excluding hydrogens is 188 g/mol. The quantitative estimate of drug-likeness (QED) is 0.759. The maximum absolute atomic E-state index is 5.87. The summed E-state index contributed by atoms with van der Waals surface area (Å²) >= 11 is 0. The summed E-state index contributed by atoms with van der Waals surface area (Å²) in [5, 5.41) is 0. The van der Waals surface area contributed by atoms with E-state index in [1.165, 1.54) is 19.3 Å². The normalized spacial score (nSPS) is 22.5. The topological polar surface area (TPSA) is 55.0 Å². The molecule has 0 saturated carbocycles. The fourth-order valence-electron chi connectivity index (χ4n) is 2.07. The maximum atomic E-state index is 5.87. The van der Waals surface area contributed by atoms with Crippen LogP contribution < -0.4 is 10.6 Å². The summed E-state index contributed by atoms with van der Waals surface area (Å²) in [5.41, 5.74) is 6.56. The van der Waals surface area contributed by atoms with Gasteiger partial charge in [0, 0.05) is 13.1 Å². The molecule has 4 nitrogen and oxygen atoms in total. The summed E-state index contributed by atoms with van der Waals surface area (Å²) in [6.45, 7) is 4.43. The van der Waals surface area contributed by atoms with Crippen molar-refractivity contribution in [2.45, 2.75) is 26.2 Å². The van der Waals surface area contributed by atoms with E-state index < -0.39 is 0 Å². The Bertz CT molecular complexity index is 326. The van der Waals surface area contributed by atoms with Gasteiger partial charge in [0.05, 0.1) is 11.9 Å².